The van der Waals surface area contributed by atoms with E-state index in [1.165, 1.54) is 0 Å². The van der Waals surface area contributed by atoms with Crippen LogP contribution in [0.15, 0.2) is 78.9 Å². The standard InChI is InChI=1S/C24H25NO4/c1-25(15-16-28-22-13-11-21(27-2)12-14-22)24(26)20-9-6-10-23(17-20)29-18-19-7-4-3-5-8-19/h3-14,17H,15-16,18H2,1-2H3. The maximum atomic E-state index is 12.7. The smallest absolute Gasteiger partial charge is 0.253 e. The maximum absolute atomic E-state index is 12.7. The van der Waals surface area contributed by atoms with Crippen molar-refractivity contribution in [1.29, 1.82) is 0 Å². The molecular weight excluding hydrogens is 366 g/mol. The molecule has 0 aliphatic heterocycles. The van der Waals surface area contributed by atoms with Gasteiger partial charge in [0.1, 0.15) is 30.5 Å². The number of carbonyl (C=O) groups excluding carboxylic acids is 1. The third kappa shape index (κ3) is 6.01. The summed E-state index contributed by atoms with van der Waals surface area (Å²) in [5.74, 6) is 2.11. The van der Waals surface area contributed by atoms with Crippen molar-refractivity contribution in [2.24, 2.45) is 0 Å². The van der Waals surface area contributed by atoms with Crippen LogP contribution in [0.4, 0.5) is 0 Å². The van der Waals surface area contributed by atoms with Crippen LogP contribution in [-0.2, 0) is 6.61 Å². The van der Waals surface area contributed by atoms with Gasteiger partial charge >= 0.3 is 0 Å². The summed E-state index contributed by atoms with van der Waals surface area (Å²) in [5.41, 5.74) is 1.67. The van der Waals surface area contributed by atoms with E-state index in [2.05, 4.69) is 0 Å². The Balaban J connectivity index is 1.50. The third-order valence-corrected chi connectivity index (χ3v) is 4.43. The Bertz CT molecular complexity index is 910. The fourth-order valence-electron chi connectivity index (χ4n) is 2.75. The minimum atomic E-state index is -0.0755. The van der Waals surface area contributed by atoms with Crippen LogP contribution in [0.5, 0.6) is 17.2 Å². The van der Waals surface area contributed by atoms with Crippen LogP contribution in [0.25, 0.3) is 0 Å². The molecule has 0 heterocycles. The topological polar surface area (TPSA) is 48.0 Å². The monoisotopic (exact) mass is 391 g/mol. The van der Waals surface area contributed by atoms with Gasteiger partial charge in [0.15, 0.2) is 0 Å². The Labute approximate surface area is 171 Å². The lowest BCUT2D eigenvalue weighted by molar-refractivity contribution is 0.0773. The normalized spacial score (nSPS) is 10.3. The van der Waals surface area contributed by atoms with Crippen molar-refractivity contribution in [2.75, 3.05) is 27.3 Å². The van der Waals surface area contributed by atoms with Crippen molar-refractivity contribution in [3.05, 3.63) is 90.0 Å². The summed E-state index contributed by atoms with van der Waals surface area (Å²) < 4.78 is 16.6. The first-order valence-electron chi connectivity index (χ1n) is 9.45. The molecule has 1 amide bonds. The van der Waals surface area contributed by atoms with Crippen LogP contribution in [0.2, 0.25) is 0 Å². The largest absolute Gasteiger partial charge is 0.497 e. The Morgan fingerprint density at radius 1 is 0.828 bits per heavy atom. The van der Waals surface area contributed by atoms with Crippen LogP contribution < -0.4 is 14.2 Å². The van der Waals surface area contributed by atoms with E-state index in [-0.39, 0.29) is 5.91 Å². The highest BCUT2D eigenvalue weighted by Gasteiger charge is 2.12. The summed E-state index contributed by atoms with van der Waals surface area (Å²) in [4.78, 5) is 14.3. The molecule has 3 aromatic carbocycles. The molecule has 5 heteroatoms. The molecule has 0 saturated carbocycles. The SMILES string of the molecule is COc1ccc(OCCN(C)C(=O)c2cccc(OCc3ccccc3)c2)cc1. The van der Waals surface area contributed by atoms with E-state index < -0.39 is 0 Å². The van der Waals surface area contributed by atoms with E-state index in [1.807, 2.05) is 66.7 Å². The van der Waals surface area contributed by atoms with Crippen molar-refractivity contribution >= 4 is 5.91 Å². The molecule has 0 radical (unpaired) electrons. The highest BCUT2D eigenvalue weighted by atomic mass is 16.5. The number of rotatable bonds is 9. The second-order valence-electron chi connectivity index (χ2n) is 6.55. The van der Waals surface area contributed by atoms with Crippen molar-refractivity contribution < 1.29 is 19.0 Å². The summed E-state index contributed by atoms with van der Waals surface area (Å²) in [6.07, 6.45) is 0. The summed E-state index contributed by atoms with van der Waals surface area (Å²) >= 11 is 0. The average Bonchev–Trinajstić information content (AvgIpc) is 2.78. The number of hydrogen-bond acceptors (Lipinski definition) is 4. The van der Waals surface area contributed by atoms with E-state index in [0.717, 1.165) is 17.1 Å². The fourth-order valence-corrected chi connectivity index (χ4v) is 2.75. The number of methoxy groups -OCH3 is 1. The van der Waals surface area contributed by atoms with E-state index >= 15 is 0 Å². The van der Waals surface area contributed by atoms with Gasteiger partial charge in [0, 0.05) is 12.6 Å². The zero-order valence-corrected chi connectivity index (χ0v) is 16.7. The number of hydrogen-bond donors (Lipinski definition) is 0. The number of nitrogens with zero attached hydrogens (tertiary/aromatic N) is 1. The summed E-state index contributed by atoms with van der Waals surface area (Å²) in [7, 11) is 3.38. The van der Waals surface area contributed by atoms with Crippen LogP contribution in [0, 0.1) is 0 Å². The van der Waals surface area contributed by atoms with Gasteiger partial charge in [-0.05, 0) is 48.0 Å². The number of likely N-dealkylation sites (N-methyl/N-ethyl adjacent to an activating group) is 1. The van der Waals surface area contributed by atoms with E-state index in [4.69, 9.17) is 14.2 Å². The van der Waals surface area contributed by atoms with Crippen molar-refractivity contribution in [3.8, 4) is 17.2 Å². The van der Waals surface area contributed by atoms with Crippen molar-refractivity contribution in [2.45, 2.75) is 6.61 Å². The zero-order chi connectivity index (χ0) is 20.5. The maximum Gasteiger partial charge on any atom is 0.253 e. The lowest BCUT2D eigenvalue weighted by Crippen LogP contribution is -2.30. The van der Waals surface area contributed by atoms with Gasteiger partial charge < -0.3 is 19.1 Å². The number of amides is 1. The highest BCUT2D eigenvalue weighted by molar-refractivity contribution is 5.94. The first-order chi connectivity index (χ1) is 14.2. The minimum absolute atomic E-state index is 0.0755. The van der Waals surface area contributed by atoms with Gasteiger partial charge in [-0.25, -0.2) is 0 Å². The van der Waals surface area contributed by atoms with Crippen molar-refractivity contribution in [3.63, 3.8) is 0 Å². The Morgan fingerprint density at radius 2 is 1.55 bits per heavy atom. The number of carbonyl (C=O) groups is 1. The van der Waals surface area contributed by atoms with E-state index in [9.17, 15) is 4.79 Å². The van der Waals surface area contributed by atoms with Gasteiger partial charge in [-0.3, -0.25) is 4.79 Å². The molecular formula is C24H25NO4. The molecule has 0 N–H and O–H groups in total. The third-order valence-electron chi connectivity index (χ3n) is 4.43. The quantitative estimate of drug-likeness (QED) is 0.542. The molecule has 150 valence electrons. The first kappa shape index (κ1) is 20.3. The molecule has 0 atom stereocenters. The Hall–Kier alpha value is -3.47. The molecule has 0 aromatic heterocycles. The molecule has 5 nitrogen and oxygen atoms in total. The van der Waals surface area contributed by atoms with Crippen LogP contribution in [-0.4, -0.2) is 38.1 Å². The molecule has 0 unspecified atom stereocenters. The second-order valence-corrected chi connectivity index (χ2v) is 6.55. The average molecular weight is 391 g/mol. The minimum Gasteiger partial charge on any atom is -0.497 e. The van der Waals surface area contributed by atoms with Gasteiger partial charge in [-0.1, -0.05) is 36.4 Å². The van der Waals surface area contributed by atoms with Gasteiger partial charge in [0.25, 0.3) is 5.91 Å². The molecule has 0 saturated heterocycles. The molecule has 29 heavy (non-hydrogen) atoms. The molecule has 0 aliphatic rings. The molecule has 0 aliphatic carbocycles. The first-order valence-corrected chi connectivity index (χ1v) is 9.45. The second kappa shape index (κ2) is 10.2. The molecule has 0 bridgehead atoms. The highest BCUT2D eigenvalue weighted by Crippen LogP contribution is 2.18. The Kier molecular flexibility index (Phi) is 7.11. The van der Waals surface area contributed by atoms with Crippen molar-refractivity contribution in [1.82, 2.24) is 4.90 Å². The van der Waals surface area contributed by atoms with Crippen LogP contribution >= 0.6 is 0 Å². The van der Waals surface area contributed by atoms with Gasteiger partial charge in [-0.2, -0.15) is 0 Å². The van der Waals surface area contributed by atoms with Crippen LogP contribution in [0.3, 0.4) is 0 Å². The van der Waals surface area contributed by atoms with E-state index in [0.29, 0.717) is 31.1 Å². The molecule has 3 aromatic rings. The lowest BCUT2D eigenvalue weighted by atomic mass is 10.2. The number of benzene rings is 3. The van der Waals surface area contributed by atoms with Gasteiger partial charge in [-0.15, -0.1) is 0 Å². The molecule has 0 fully saturated rings. The lowest BCUT2D eigenvalue weighted by Gasteiger charge is -2.18. The van der Waals surface area contributed by atoms with Gasteiger partial charge in [0.05, 0.1) is 13.7 Å². The zero-order valence-electron chi connectivity index (χ0n) is 16.7. The molecule has 0 spiro atoms. The summed E-state index contributed by atoms with van der Waals surface area (Å²) in [6.45, 7) is 1.34. The van der Waals surface area contributed by atoms with Crippen LogP contribution in [0.1, 0.15) is 15.9 Å². The fraction of sp³-hybridized carbons (Fsp3) is 0.208. The Morgan fingerprint density at radius 3 is 2.28 bits per heavy atom. The predicted octanol–water partition coefficient (Wildman–Crippen LogP) is 4.43. The molecule has 3 rings (SSSR count). The van der Waals surface area contributed by atoms with Gasteiger partial charge in [0.2, 0.25) is 0 Å². The van der Waals surface area contributed by atoms with E-state index in [1.54, 1.807) is 31.2 Å². The number of ether oxygens (including phenoxy) is 3. The predicted molar refractivity (Wildman–Crippen MR) is 113 cm³/mol. The summed E-state index contributed by atoms with van der Waals surface area (Å²) in [6, 6.07) is 24.5. The summed E-state index contributed by atoms with van der Waals surface area (Å²) in [5, 5.41) is 0.